The maximum absolute atomic E-state index is 14.9. The number of rotatable bonds is 5. The SMILES string of the molecule is CC(C)NCc1c(F)cc2c(c1O)C(O)=C1C(=O)[C@]3(O)C(O)=C(C(N)=O)C(=O)[C@@H](N(C)C)[C@@H]3C[C@@H]1C2. The Morgan fingerprint density at radius 3 is 2.47 bits per heavy atom. The van der Waals surface area contributed by atoms with Gasteiger partial charge in [0.2, 0.25) is 5.78 Å². The molecule has 36 heavy (non-hydrogen) atoms. The predicted molar refractivity (Wildman–Crippen MR) is 126 cm³/mol. The molecule has 0 radical (unpaired) electrons. The predicted octanol–water partition coefficient (Wildman–Crippen LogP) is 0.601. The number of carbonyl (C=O) groups excluding carboxylic acids is 3. The van der Waals surface area contributed by atoms with E-state index in [2.05, 4.69) is 5.32 Å². The Morgan fingerprint density at radius 2 is 1.92 bits per heavy atom. The molecule has 11 heteroatoms. The van der Waals surface area contributed by atoms with Gasteiger partial charge in [0.05, 0.1) is 11.6 Å². The van der Waals surface area contributed by atoms with Crippen LogP contribution in [0.4, 0.5) is 4.39 Å². The normalized spacial score (nSPS) is 27.9. The van der Waals surface area contributed by atoms with Crippen LogP contribution in [0, 0.1) is 17.7 Å². The number of Topliss-reactive ketones (excluding diaryl/α,β-unsaturated/α-hetero) is 2. The van der Waals surface area contributed by atoms with E-state index in [0.29, 0.717) is 0 Å². The van der Waals surface area contributed by atoms with Gasteiger partial charge in [0.25, 0.3) is 5.91 Å². The maximum atomic E-state index is 14.9. The number of phenols is 1. The molecule has 0 heterocycles. The van der Waals surface area contributed by atoms with Crippen LogP contribution in [0.2, 0.25) is 0 Å². The first kappa shape index (κ1) is 25.8. The van der Waals surface area contributed by atoms with Gasteiger partial charge in [-0.15, -0.1) is 0 Å². The number of hydrogen-bond donors (Lipinski definition) is 6. The van der Waals surface area contributed by atoms with Gasteiger partial charge in [0, 0.05) is 29.6 Å². The van der Waals surface area contributed by atoms with E-state index >= 15 is 0 Å². The molecule has 1 fully saturated rings. The lowest BCUT2D eigenvalue weighted by Crippen LogP contribution is -2.65. The number of amides is 1. The second kappa shape index (κ2) is 8.68. The average Bonchev–Trinajstić information content (AvgIpc) is 2.75. The third kappa shape index (κ3) is 3.53. The first-order valence-electron chi connectivity index (χ1n) is 11.6. The number of carbonyl (C=O) groups is 3. The summed E-state index contributed by atoms with van der Waals surface area (Å²) < 4.78 is 14.9. The zero-order valence-electron chi connectivity index (χ0n) is 20.4. The number of hydrogen-bond acceptors (Lipinski definition) is 9. The fourth-order valence-corrected chi connectivity index (χ4v) is 5.78. The highest BCUT2D eigenvalue weighted by Gasteiger charge is 2.64. The second-order valence-corrected chi connectivity index (χ2v) is 10.2. The van der Waals surface area contributed by atoms with Crippen molar-refractivity contribution in [1.29, 1.82) is 0 Å². The van der Waals surface area contributed by atoms with E-state index in [1.807, 2.05) is 13.8 Å². The number of ketones is 2. The van der Waals surface area contributed by atoms with Crippen LogP contribution in [0.25, 0.3) is 5.76 Å². The molecule has 0 aromatic heterocycles. The number of nitrogens with zero attached hydrogens (tertiary/aromatic N) is 1. The Balaban J connectivity index is 1.92. The molecule has 0 unspecified atom stereocenters. The van der Waals surface area contributed by atoms with E-state index < -0.39 is 69.6 Å². The molecule has 3 aliphatic rings. The fraction of sp³-hybridized carbons (Fsp3) is 0.480. The third-order valence-electron chi connectivity index (χ3n) is 7.45. The number of nitrogens with two attached hydrogens (primary N) is 1. The standard InChI is InChI=1S/C25H30FN3O7/c1-9(2)28-8-12-14(26)7-11-5-10-6-13-18(29(3)4)21(32)17(24(27)35)23(34)25(13,36)22(33)16(10)20(31)15(11)19(12)30/h7,9-10,13,18,28,30-31,34,36H,5-6,8H2,1-4H3,(H2,27,35)/t10-,13-,18-,25-/m0/s1. The lowest BCUT2D eigenvalue weighted by atomic mass is 9.57. The van der Waals surface area contributed by atoms with Gasteiger partial charge >= 0.3 is 0 Å². The smallest absolute Gasteiger partial charge is 0.255 e. The number of aliphatic hydroxyl groups excluding tert-OH is 2. The Morgan fingerprint density at radius 1 is 1.28 bits per heavy atom. The van der Waals surface area contributed by atoms with E-state index in [0.717, 1.165) is 0 Å². The number of nitrogens with one attached hydrogen (secondary N) is 1. The van der Waals surface area contributed by atoms with E-state index in [9.17, 15) is 39.2 Å². The van der Waals surface area contributed by atoms with E-state index in [1.54, 1.807) is 0 Å². The number of primary amides is 1. The van der Waals surface area contributed by atoms with E-state index in [4.69, 9.17) is 5.73 Å². The fourth-order valence-electron chi connectivity index (χ4n) is 5.78. The summed E-state index contributed by atoms with van der Waals surface area (Å²) in [5.41, 5.74) is 1.50. The molecular formula is C25H30FN3O7. The number of likely N-dealkylation sites (N-methyl/N-ethyl adjacent to an activating group) is 1. The maximum Gasteiger partial charge on any atom is 0.255 e. The zero-order valence-corrected chi connectivity index (χ0v) is 20.4. The van der Waals surface area contributed by atoms with Gasteiger partial charge < -0.3 is 31.5 Å². The number of phenolic OH excluding ortho intramolecular Hbond substituents is 1. The summed E-state index contributed by atoms with van der Waals surface area (Å²) in [5.74, 6) is -8.16. The van der Waals surface area contributed by atoms with Crippen LogP contribution in [0.1, 0.15) is 37.0 Å². The van der Waals surface area contributed by atoms with Crippen molar-refractivity contribution in [3.05, 3.63) is 45.5 Å². The Hall–Kier alpha value is -3.28. The van der Waals surface area contributed by atoms with Crippen molar-refractivity contribution in [3.8, 4) is 5.75 Å². The van der Waals surface area contributed by atoms with Crippen molar-refractivity contribution in [2.45, 2.75) is 50.9 Å². The first-order valence-corrected chi connectivity index (χ1v) is 11.6. The largest absolute Gasteiger partial charge is 0.508 e. The quantitative estimate of drug-likeness (QED) is 0.315. The molecule has 0 aliphatic heterocycles. The van der Waals surface area contributed by atoms with Gasteiger partial charge in [-0.1, -0.05) is 13.8 Å². The van der Waals surface area contributed by atoms with Crippen LogP contribution >= 0.6 is 0 Å². The minimum atomic E-state index is -2.71. The molecule has 194 valence electrons. The Kier molecular flexibility index (Phi) is 6.22. The molecule has 1 saturated carbocycles. The Bertz CT molecular complexity index is 1250. The summed E-state index contributed by atoms with van der Waals surface area (Å²) in [6.07, 6.45) is -0.0122. The number of halogens is 1. The number of benzene rings is 1. The summed E-state index contributed by atoms with van der Waals surface area (Å²) in [6, 6.07) is 0.00934. The van der Waals surface area contributed by atoms with E-state index in [-0.39, 0.29) is 47.7 Å². The molecular weight excluding hydrogens is 473 g/mol. The van der Waals surface area contributed by atoms with Gasteiger partial charge in [-0.2, -0.15) is 0 Å². The summed E-state index contributed by atoms with van der Waals surface area (Å²) in [4.78, 5) is 40.2. The highest BCUT2D eigenvalue weighted by atomic mass is 19.1. The summed E-state index contributed by atoms with van der Waals surface area (Å²) in [6.45, 7) is 3.64. The molecule has 0 spiro atoms. The van der Waals surface area contributed by atoms with Crippen molar-refractivity contribution in [1.82, 2.24) is 10.2 Å². The topological polar surface area (TPSA) is 173 Å². The second-order valence-electron chi connectivity index (χ2n) is 10.2. The lowest BCUT2D eigenvalue weighted by Gasteiger charge is -2.50. The van der Waals surface area contributed by atoms with Crippen molar-refractivity contribution in [2.24, 2.45) is 17.6 Å². The molecule has 0 saturated heterocycles. The minimum Gasteiger partial charge on any atom is -0.508 e. The third-order valence-corrected chi connectivity index (χ3v) is 7.45. The number of aliphatic hydroxyl groups is 3. The molecule has 10 nitrogen and oxygen atoms in total. The van der Waals surface area contributed by atoms with Crippen molar-refractivity contribution >= 4 is 23.2 Å². The zero-order chi connectivity index (χ0) is 26.9. The summed E-state index contributed by atoms with van der Waals surface area (Å²) in [5, 5.41) is 47.4. The first-order chi connectivity index (χ1) is 16.7. The molecule has 3 aliphatic carbocycles. The van der Waals surface area contributed by atoms with E-state index in [1.165, 1.54) is 25.1 Å². The highest BCUT2D eigenvalue weighted by molar-refractivity contribution is 6.24. The van der Waals surface area contributed by atoms with Crippen LogP contribution < -0.4 is 11.1 Å². The molecule has 1 aromatic carbocycles. The van der Waals surface area contributed by atoms with Crippen LogP contribution in [-0.2, 0) is 27.3 Å². The molecule has 7 N–H and O–H groups in total. The Labute approximate surface area is 206 Å². The van der Waals surface area contributed by atoms with Crippen LogP contribution in [0.15, 0.2) is 23.0 Å². The minimum absolute atomic E-state index is 0.0184. The lowest BCUT2D eigenvalue weighted by molar-refractivity contribution is -0.153. The van der Waals surface area contributed by atoms with Crippen LogP contribution in [-0.4, -0.2) is 74.6 Å². The number of aromatic hydroxyl groups is 1. The summed E-state index contributed by atoms with van der Waals surface area (Å²) in [7, 11) is 3.04. The van der Waals surface area contributed by atoms with Gasteiger partial charge in [-0.3, -0.25) is 19.3 Å². The van der Waals surface area contributed by atoms with Crippen LogP contribution in [0.5, 0.6) is 5.75 Å². The molecule has 1 aromatic rings. The van der Waals surface area contributed by atoms with Gasteiger partial charge in [-0.25, -0.2) is 4.39 Å². The molecule has 0 bridgehead atoms. The highest BCUT2D eigenvalue weighted by Crippen LogP contribution is 2.53. The molecule has 4 atom stereocenters. The van der Waals surface area contributed by atoms with Gasteiger partial charge in [0.15, 0.2) is 11.4 Å². The molecule has 1 amide bonds. The summed E-state index contributed by atoms with van der Waals surface area (Å²) >= 11 is 0. The monoisotopic (exact) mass is 503 g/mol. The van der Waals surface area contributed by atoms with Crippen molar-refractivity contribution < 1.29 is 39.2 Å². The van der Waals surface area contributed by atoms with Gasteiger partial charge in [-0.05, 0) is 44.5 Å². The average molecular weight is 504 g/mol. The van der Waals surface area contributed by atoms with Gasteiger partial charge in [0.1, 0.15) is 28.7 Å². The molecule has 4 rings (SSSR count). The van der Waals surface area contributed by atoms with Crippen LogP contribution in [0.3, 0.4) is 0 Å². The number of fused-ring (bicyclic) bond motifs is 3. The van der Waals surface area contributed by atoms with Crippen molar-refractivity contribution in [3.63, 3.8) is 0 Å². The van der Waals surface area contributed by atoms with Crippen molar-refractivity contribution in [2.75, 3.05) is 14.1 Å².